The Kier molecular flexibility index (Phi) is 5.12. The summed E-state index contributed by atoms with van der Waals surface area (Å²) in [6.45, 7) is 1.70. The zero-order chi connectivity index (χ0) is 15.3. The Hall–Kier alpha value is -1.68. The van der Waals surface area contributed by atoms with Gasteiger partial charge in [0.25, 0.3) is 5.91 Å². The van der Waals surface area contributed by atoms with Crippen molar-refractivity contribution < 1.29 is 14.7 Å². The van der Waals surface area contributed by atoms with E-state index in [4.69, 9.17) is 0 Å². The van der Waals surface area contributed by atoms with E-state index in [1.165, 1.54) is 6.92 Å². The minimum atomic E-state index is -0.808. The van der Waals surface area contributed by atoms with E-state index in [-0.39, 0.29) is 18.2 Å². The van der Waals surface area contributed by atoms with Gasteiger partial charge in [0.05, 0.1) is 11.2 Å². The summed E-state index contributed by atoms with van der Waals surface area (Å²) in [6.07, 6.45) is 5.73. The van der Waals surface area contributed by atoms with Gasteiger partial charge in [-0.3, -0.25) is 9.59 Å². The highest BCUT2D eigenvalue weighted by atomic mass is 16.3. The van der Waals surface area contributed by atoms with Gasteiger partial charge in [-0.1, -0.05) is 43.9 Å². The van der Waals surface area contributed by atoms with Crippen LogP contribution in [0.25, 0.3) is 0 Å². The SMILES string of the molecule is CC(=O)c1ccccc1C(=O)NCC1(O)CCCCCC1. The van der Waals surface area contributed by atoms with Crippen LogP contribution in [0.2, 0.25) is 0 Å². The molecule has 0 heterocycles. The number of rotatable bonds is 4. The van der Waals surface area contributed by atoms with Crippen molar-refractivity contribution in [2.75, 3.05) is 6.54 Å². The standard InChI is InChI=1S/C17H23NO3/c1-13(19)14-8-4-5-9-15(14)16(20)18-12-17(21)10-6-2-3-7-11-17/h4-5,8-9,21H,2-3,6-7,10-12H2,1H3,(H,18,20). The van der Waals surface area contributed by atoms with Crippen molar-refractivity contribution in [3.63, 3.8) is 0 Å². The molecule has 0 atom stereocenters. The summed E-state index contributed by atoms with van der Waals surface area (Å²) < 4.78 is 0. The lowest BCUT2D eigenvalue weighted by Crippen LogP contribution is -2.42. The number of carbonyl (C=O) groups excluding carboxylic acids is 2. The lowest BCUT2D eigenvalue weighted by Gasteiger charge is -2.27. The monoisotopic (exact) mass is 289 g/mol. The Labute approximate surface area is 125 Å². The number of hydrogen-bond donors (Lipinski definition) is 2. The molecule has 1 amide bonds. The Morgan fingerprint density at radius 3 is 2.24 bits per heavy atom. The van der Waals surface area contributed by atoms with Gasteiger partial charge >= 0.3 is 0 Å². The number of ketones is 1. The highest BCUT2D eigenvalue weighted by Gasteiger charge is 2.28. The Morgan fingerprint density at radius 1 is 1.10 bits per heavy atom. The van der Waals surface area contributed by atoms with Gasteiger partial charge in [0.15, 0.2) is 5.78 Å². The highest BCUT2D eigenvalue weighted by Crippen LogP contribution is 2.26. The highest BCUT2D eigenvalue weighted by molar-refractivity contribution is 6.07. The molecule has 0 saturated heterocycles. The molecule has 21 heavy (non-hydrogen) atoms. The van der Waals surface area contributed by atoms with E-state index < -0.39 is 5.60 Å². The fourth-order valence-corrected chi connectivity index (χ4v) is 2.89. The number of benzene rings is 1. The quantitative estimate of drug-likeness (QED) is 0.661. The fourth-order valence-electron chi connectivity index (χ4n) is 2.89. The van der Waals surface area contributed by atoms with Crippen molar-refractivity contribution in [1.29, 1.82) is 0 Å². The summed E-state index contributed by atoms with van der Waals surface area (Å²) in [5.74, 6) is -0.424. The number of carbonyl (C=O) groups is 2. The molecule has 1 aliphatic carbocycles. The number of Topliss-reactive ketones (excluding diaryl/α,β-unsaturated/α-hetero) is 1. The summed E-state index contributed by atoms with van der Waals surface area (Å²) in [7, 11) is 0. The van der Waals surface area contributed by atoms with Gasteiger partial charge in [-0.2, -0.15) is 0 Å². The van der Waals surface area contributed by atoms with Crippen LogP contribution >= 0.6 is 0 Å². The van der Waals surface area contributed by atoms with Crippen LogP contribution in [-0.2, 0) is 0 Å². The molecule has 1 aromatic carbocycles. The Bertz CT molecular complexity index is 517. The number of aliphatic hydroxyl groups is 1. The van der Waals surface area contributed by atoms with Crippen molar-refractivity contribution in [2.45, 2.75) is 51.0 Å². The van der Waals surface area contributed by atoms with Crippen molar-refractivity contribution in [3.8, 4) is 0 Å². The minimum Gasteiger partial charge on any atom is -0.388 e. The van der Waals surface area contributed by atoms with E-state index in [0.717, 1.165) is 38.5 Å². The normalized spacial score (nSPS) is 17.8. The van der Waals surface area contributed by atoms with Gasteiger partial charge in [0.2, 0.25) is 0 Å². The first-order chi connectivity index (χ1) is 10.0. The molecular weight excluding hydrogens is 266 g/mol. The van der Waals surface area contributed by atoms with Crippen LogP contribution in [0.5, 0.6) is 0 Å². The van der Waals surface area contributed by atoms with Crippen LogP contribution < -0.4 is 5.32 Å². The van der Waals surface area contributed by atoms with Crippen LogP contribution in [0, 0.1) is 0 Å². The molecule has 0 radical (unpaired) electrons. The van der Waals surface area contributed by atoms with Gasteiger partial charge < -0.3 is 10.4 Å². The molecule has 0 bridgehead atoms. The lowest BCUT2D eigenvalue weighted by molar-refractivity contribution is 0.0246. The molecule has 4 nitrogen and oxygen atoms in total. The third-order valence-electron chi connectivity index (χ3n) is 4.16. The second kappa shape index (κ2) is 6.85. The first-order valence-electron chi connectivity index (χ1n) is 7.62. The van der Waals surface area contributed by atoms with Crippen LogP contribution in [0.1, 0.15) is 66.2 Å². The number of nitrogens with one attached hydrogen (secondary N) is 1. The predicted octanol–water partition coefficient (Wildman–Crippen LogP) is 2.70. The Morgan fingerprint density at radius 2 is 1.67 bits per heavy atom. The van der Waals surface area contributed by atoms with E-state index in [0.29, 0.717) is 11.1 Å². The van der Waals surface area contributed by atoms with Gasteiger partial charge in [0.1, 0.15) is 0 Å². The molecule has 2 N–H and O–H groups in total. The molecule has 1 aromatic rings. The van der Waals surface area contributed by atoms with Crippen LogP contribution in [0.3, 0.4) is 0 Å². The maximum atomic E-state index is 12.3. The van der Waals surface area contributed by atoms with E-state index >= 15 is 0 Å². The molecular formula is C17H23NO3. The lowest BCUT2D eigenvalue weighted by atomic mass is 9.94. The molecule has 0 aliphatic heterocycles. The van der Waals surface area contributed by atoms with E-state index in [9.17, 15) is 14.7 Å². The van der Waals surface area contributed by atoms with E-state index in [1.54, 1.807) is 24.3 Å². The zero-order valence-corrected chi connectivity index (χ0v) is 12.5. The third kappa shape index (κ3) is 4.14. The van der Waals surface area contributed by atoms with E-state index in [1.807, 2.05) is 0 Å². The second-order valence-corrected chi connectivity index (χ2v) is 5.92. The summed E-state index contributed by atoms with van der Waals surface area (Å²) >= 11 is 0. The molecule has 114 valence electrons. The average Bonchev–Trinajstić information content (AvgIpc) is 2.70. The van der Waals surface area contributed by atoms with Gasteiger partial charge in [-0.15, -0.1) is 0 Å². The predicted molar refractivity (Wildman–Crippen MR) is 81.4 cm³/mol. The number of amides is 1. The summed E-state index contributed by atoms with van der Waals surface area (Å²) in [4.78, 5) is 23.8. The number of hydrogen-bond acceptors (Lipinski definition) is 3. The summed E-state index contributed by atoms with van der Waals surface area (Å²) in [5, 5.41) is 13.3. The van der Waals surface area contributed by atoms with Crippen LogP contribution in [-0.4, -0.2) is 28.9 Å². The molecule has 1 saturated carbocycles. The summed E-state index contributed by atoms with van der Waals surface area (Å²) in [6, 6.07) is 6.77. The van der Waals surface area contributed by atoms with Crippen molar-refractivity contribution >= 4 is 11.7 Å². The molecule has 0 spiro atoms. The van der Waals surface area contributed by atoms with Crippen molar-refractivity contribution in [3.05, 3.63) is 35.4 Å². The van der Waals surface area contributed by atoms with Crippen LogP contribution in [0.15, 0.2) is 24.3 Å². The van der Waals surface area contributed by atoms with E-state index in [2.05, 4.69) is 5.32 Å². The third-order valence-corrected chi connectivity index (χ3v) is 4.16. The van der Waals surface area contributed by atoms with Crippen molar-refractivity contribution in [2.24, 2.45) is 0 Å². The first-order valence-corrected chi connectivity index (χ1v) is 7.62. The second-order valence-electron chi connectivity index (χ2n) is 5.92. The summed E-state index contributed by atoms with van der Waals surface area (Å²) in [5.41, 5.74) is -0.0118. The molecule has 1 fully saturated rings. The van der Waals surface area contributed by atoms with Gasteiger partial charge in [-0.05, 0) is 25.8 Å². The molecule has 2 rings (SSSR count). The molecule has 4 heteroatoms. The first kappa shape index (κ1) is 15.7. The minimum absolute atomic E-state index is 0.131. The van der Waals surface area contributed by atoms with Gasteiger partial charge in [-0.25, -0.2) is 0 Å². The molecule has 0 aromatic heterocycles. The topological polar surface area (TPSA) is 66.4 Å². The molecule has 1 aliphatic rings. The largest absolute Gasteiger partial charge is 0.388 e. The van der Waals surface area contributed by atoms with Crippen LogP contribution in [0.4, 0.5) is 0 Å². The average molecular weight is 289 g/mol. The van der Waals surface area contributed by atoms with Crippen molar-refractivity contribution in [1.82, 2.24) is 5.32 Å². The van der Waals surface area contributed by atoms with Gasteiger partial charge in [0, 0.05) is 12.1 Å². The smallest absolute Gasteiger partial charge is 0.252 e. The molecule has 0 unspecified atom stereocenters. The zero-order valence-electron chi connectivity index (χ0n) is 12.5. The fraction of sp³-hybridized carbons (Fsp3) is 0.529. The Balaban J connectivity index is 2.03. The maximum absolute atomic E-state index is 12.3. The maximum Gasteiger partial charge on any atom is 0.252 e.